The summed E-state index contributed by atoms with van der Waals surface area (Å²) in [6.45, 7) is 3.83. The average Bonchev–Trinajstić information content (AvgIpc) is 3.08. The second kappa shape index (κ2) is 3.35. The predicted molar refractivity (Wildman–Crippen MR) is 62.0 cm³/mol. The summed E-state index contributed by atoms with van der Waals surface area (Å²) in [5, 5.41) is 11.0. The van der Waals surface area contributed by atoms with Crippen molar-refractivity contribution in [1.82, 2.24) is 0 Å². The maximum absolute atomic E-state index is 11.0. The zero-order chi connectivity index (χ0) is 13.1. The lowest BCUT2D eigenvalue weighted by Gasteiger charge is -2.29. The number of epoxide rings is 1. The Morgan fingerprint density at radius 1 is 1.44 bits per heavy atom. The van der Waals surface area contributed by atoms with Crippen molar-refractivity contribution in [2.45, 2.75) is 31.7 Å². The highest BCUT2D eigenvalue weighted by molar-refractivity contribution is 5.57. The van der Waals surface area contributed by atoms with E-state index in [-0.39, 0.29) is 23.6 Å². The SMILES string of the molecule is COc1cc2c(cc1[N+](=O)[O-])OC(C)(C)C1O[C@@H]21. The van der Waals surface area contributed by atoms with E-state index in [1.807, 2.05) is 13.8 Å². The van der Waals surface area contributed by atoms with E-state index in [1.54, 1.807) is 6.07 Å². The van der Waals surface area contributed by atoms with E-state index in [2.05, 4.69) is 0 Å². The van der Waals surface area contributed by atoms with Crippen molar-refractivity contribution < 1.29 is 19.1 Å². The van der Waals surface area contributed by atoms with Crippen molar-refractivity contribution in [3.8, 4) is 11.5 Å². The van der Waals surface area contributed by atoms with Crippen LogP contribution in [0.15, 0.2) is 12.1 Å². The number of nitro benzene ring substituents is 1. The van der Waals surface area contributed by atoms with Gasteiger partial charge in [-0.05, 0) is 19.9 Å². The third kappa shape index (κ3) is 1.45. The minimum atomic E-state index is -0.477. The maximum Gasteiger partial charge on any atom is 0.314 e. The molecule has 0 spiro atoms. The molecule has 1 saturated heterocycles. The van der Waals surface area contributed by atoms with Gasteiger partial charge in [-0.3, -0.25) is 10.1 Å². The molecule has 2 atom stereocenters. The first-order valence-corrected chi connectivity index (χ1v) is 5.65. The molecule has 0 radical (unpaired) electrons. The molecule has 6 heteroatoms. The fraction of sp³-hybridized carbons (Fsp3) is 0.500. The highest BCUT2D eigenvalue weighted by atomic mass is 16.6. The monoisotopic (exact) mass is 251 g/mol. The first-order valence-electron chi connectivity index (χ1n) is 5.65. The third-order valence-electron chi connectivity index (χ3n) is 3.36. The summed E-state index contributed by atoms with van der Waals surface area (Å²) < 4.78 is 16.4. The zero-order valence-corrected chi connectivity index (χ0v) is 10.3. The minimum absolute atomic E-state index is 0.0103. The minimum Gasteiger partial charge on any atom is -0.490 e. The molecule has 1 aromatic carbocycles. The summed E-state index contributed by atoms with van der Waals surface area (Å²) >= 11 is 0. The molecule has 2 heterocycles. The van der Waals surface area contributed by atoms with Gasteiger partial charge >= 0.3 is 5.69 Å². The van der Waals surface area contributed by atoms with Crippen LogP contribution in [0.25, 0.3) is 0 Å². The van der Waals surface area contributed by atoms with Crippen LogP contribution in [0.2, 0.25) is 0 Å². The Morgan fingerprint density at radius 2 is 2.17 bits per heavy atom. The first kappa shape index (κ1) is 11.3. The maximum atomic E-state index is 11.0. The number of rotatable bonds is 2. The number of methoxy groups -OCH3 is 1. The topological polar surface area (TPSA) is 74.1 Å². The van der Waals surface area contributed by atoms with Crippen LogP contribution in [0.4, 0.5) is 5.69 Å². The summed E-state index contributed by atoms with van der Waals surface area (Å²) in [5.41, 5.74) is 0.271. The second-order valence-corrected chi connectivity index (χ2v) is 5.00. The van der Waals surface area contributed by atoms with Crippen molar-refractivity contribution in [2.24, 2.45) is 0 Å². The first-order chi connectivity index (χ1) is 8.44. The fourth-order valence-corrected chi connectivity index (χ4v) is 2.40. The van der Waals surface area contributed by atoms with Gasteiger partial charge < -0.3 is 14.2 Å². The average molecular weight is 251 g/mol. The highest BCUT2D eigenvalue weighted by Crippen LogP contribution is 2.55. The van der Waals surface area contributed by atoms with E-state index in [4.69, 9.17) is 14.2 Å². The summed E-state index contributed by atoms with van der Waals surface area (Å²) in [6, 6.07) is 3.04. The fourth-order valence-electron chi connectivity index (χ4n) is 2.40. The molecule has 6 nitrogen and oxygen atoms in total. The molecule has 96 valence electrons. The molecule has 0 amide bonds. The van der Waals surface area contributed by atoms with E-state index in [0.717, 1.165) is 5.56 Å². The molecule has 2 aliphatic heterocycles. The van der Waals surface area contributed by atoms with Crippen LogP contribution >= 0.6 is 0 Å². The Balaban J connectivity index is 2.12. The standard InChI is InChI=1S/C12H13NO5/c1-12(2)11-10(17-11)6-4-9(16-3)7(13(14)15)5-8(6)18-12/h4-5,10-11H,1-3H3/t10-,11?/m0/s1. The van der Waals surface area contributed by atoms with Crippen LogP contribution in [0.5, 0.6) is 11.5 Å². The molecule has 0 aliphatic carbocycles. The number of hydrogen-bond donors (Lipinski definition) is 0. The van der Waals surface area contributed by atoms with Gasteiger partial charge in [0.25, 0.3) is 0 Å². The number of fused-ring (bicyclic) bond motifs is 3. The van der Waals surface area contributed by atoms with Crippen molar-refractivity contribution in [1.29, 1.82) is 0 Å². The van der Waals surface area contributed by atoms with Crippen LogP contribution in [0.3, 0.4) is 0 Å². The van der Waals surface area contributed by atoms with Gasteiger partial charge in [0.05, 0.1) is 18.1 Å². The number of benzene rings is 1. The Labute approximate surface area is 104 Å². The molecule has 0 bridgehead atoms. The van der Waals surface area contributed by atoms with Gasteiger partial charge in [0.15, 0.2) is 5.75 Å². The predicted octanol–water partition coefficient (Wildman–Crippen LogP) is 2.21. The molecular weight excluding hydrogens is 238 g/mol. The van der Waals surface area contributed by atoms with Crippen molar-refractivity contribution in [3.63, 3.8) is 0 Å². The third-order valence-corrected chi connectivity index (χ3v) is 3.36. The number of nitrogens with zero attached hydrogens (tertiary/aromatic N) is 1. The number of hydrogen-bond acceptors (Lipinski definition) is 5. The molecule has 18 heavy (non-hydrogen) atoms. The van der Waals surface area contributed by atoms with E-state index in [1.165, 1.54) is 13.2 Å². The van der Waals surface area contributed by atoms with Gasteiger partial charge in [-0.25, -0.2) is 0 Å². The highest BCUT2D eigenvalue weighted by Gasteiger charge is 2.57. The van der Waals surface area contributed by atoms with Crippen LogP contribution < -0.4 is 9.47 Å². The lowest BCUT2D eigenvalue weighted by Crippen LogP contribution is -2.37. The second-order valence-electron chi connectivity index (χ2n) is 5.00. The Kier molecular flexibility index (Phi) is 2.10. The molecule has 1 aromatic rings. The molecule has 1 fully saturated rings. The van der Waals surface area contributed by atoms with Crippen molar-refractivity contribution in [3.05, 3.63) is 27.8 Å². The molecule has 1 unspecified atom stereocenters. The van der Waals surface area contributed by atoms with E-state index < -0.39 is 10.5 Å². The normalized spacial score (nSPS) is 26.6. The molecule has 0 N–H and O–H groups in total. The van der Waals surface area contributed by atoms with Crippen LogP contribution in [-0.2, 0) is 4.74 Å². The van der Waals surface area contributed by atoms with Gasteiger partial charge in [-0.15, -0.1) is 0 Å². The molecule has 0 saturated carbocycles. The lowest BCUT2D eigenvalue weighted by atomic mass is 9.94. The quantitative estimate of drug-likeness (QED) is 0.457. The van der Waals surface area contributed by atoms with Crippen molar-refractivity contribution in [2.75, 3.05) is 7.11 Å². The Bertz CT molecular complexity index is 540. The van der Waals surface area contributed by atoms with Gasteiger partial charge in [-0.2, -0.15) is 0 Å². The molecule has 2 aliphatic rings. The number of nitro groups is 1. The van der Waals surface area contributed by atoms with Gasteiger partial charge in [0.1, 0.15) is 23.6 Å². The Morgan fingerprint density at radius 3 is 2.78 bits per heavy atom. The summed E-state index contributed by atoms with van der Waals surface area (Å²) in [5.74, 6) is 0.738. The lowest BCUT2D eigenvalue weighted by molar-refractivity contribution is -0.385. The van der Waals surface area contributed by atoms with Gasteiger partial charge in [0, 0.05) is 5.56 Å². The summed E-state index contributed by atoms with van der Waals surface area (Å²) in [7, 11) is 1.41. The molecule has 3 rings (SSSR count). The number of ether oxygens (including phenoxy) is 3. The smallest absolute Gasteiger partial charge is 0.314 e. The molecular formula is C12H13NO5. The van der Waals surface area contributed by atoms with E-state index >= 15 is 0 Å². The zero-order valence-electron chi connectivity index (χ0n) is 10.3. The van der Waals surface area contributed by atoms with Crippen molar-refractivity contribution >= 4 is 5.69 Å². The summed E-state index contributed by atoms with van der Waals surface area (Å²) in [4.78, 5) is 10.5. The van der Waals surface area contributed by atoms with Crippen LogP contribution in [0.1, 0.15) is 25.5 Å². The summed E-state index contributed by atoms with van der Waals surface area (Å²) in [6.07, 6.45) is -0.0328. The van der Waals surface area contributed by atoms with E-state index in [0.29, 0.717) is 5.75 Å². The van der Waals surface area contributed by atoms with Crippen LogP contribution in [0, 0.1) is 10.1 Å². The van der Waals surface area contributed by atoms with Crippen LogP contribution in [-0.4, -0.2) is 23.7 Å². The largest absolute Gasteiger partial charge is 0.490 e. The van der Waals surface area contributed by atoms with Gasteiger partial charge in [0.2, 0.25) is 0 Å². The van der Waals surface area contributed by atoms with Gasteiger partial charge in [-0.1, -0.05) is 0 Å². The Hall–Kier alpha value is -1.82. The molecule has 0 aromatic heterocycles. The van der Waals surface area contributed by atoms with E-state index in [9.17, 15) is 10.1 Å².